The Morgan fingerprint density at radius 1 is 1.19 bits per heavy atom. The molecule has 0 fully saturated rings. The van der Waals surface area contributed by atoms with Crippen molar-refractivity contribution < 1.29 is 9.53 Å². The van der Waals surface area contributed by atoms with Crippen LogP contribution in [0.2, 0.25) is 0 Å². The third-order valence-corrected chi connectivity index (χ3v) is 3.58. The van der Waals surface area contributed by atoms with E-state index in [1.54, 1.807) is 12.3 Å². The number of nitrogens with one attached hydrogen (secondary N) is 1. The fourth-order valence-electron chi connectivity index (χ4n) is 2.45. The van der Waals surface area contributed by atoms with Gasteiger partial charge in [-0.2, -0.15) is 0 Å². The van der Waals surface area contributed by atoms with E-state index in [1.165, 1.54) is 0 Å². The maximum Gasteiger partial charge on any atom is 0.356 e. The topological polar surface area (TPSA) is 55.0 Å². The van der Waals surface area contributed by atoms with E-state index in [4.69, 9.17) is 4.74 Å². The highest BCUT2D eigenvalue weighted by atomic mass is 16.5. The minimum absolute atomic E-state index is 0.349. The molecule has 0 atom stereocenters. The Kier molecular flexibility index (Phi) is 3.86. The van der Waals surface area contributed by atoms with Gasteiger partial charge in [0.05, 0.1) is 18.3 Å². The summed E-state index contributed by atoms with van der Waals surface area (Å²) in [6.45, 7) is 2.58. The van der Waals surface area contributed by atoms with Gasteiger partial charge in [0.25, 0.3) is 0 Å². The number of fused-ring (bicyclic) bond motifs is 3. The average molecular weight is 282 g/mol. The molecule has 0 aliphatic carbocycles. The van der Waals surface area contributed by atoms with Gasteiger partial charge in [-0.1, -0.05) is 38.0 Å². The number of pyridine rings is 1. The van der Waals surface area contributed by atoms with Crippen LogP contribution in [0.3, 0.4) is 0 Å². The zero-order valence-electron chi connectivity index (χ0n) is 12.1. The third-order valence-electron chi connectivity index (χ3n) is 3.58. The number of nitrogens with zero attached hydrogens (tertiary/aromatic N) is 1. The number of hydrogen-bond acceptors (Lipinski definition) is 3. The van der Waals surface area contributed by atoms with Crippen LogP contribution in [0.15, 0.2) is 36.5 Å². The fraction of sp³-hybridized carbons (Fsp3) is 0.294. The van der Waals surface area contributed by atoms with Crippen molar-refractivity contribution in [2.45, 2.75) is 26.2 Å². The molecule has 2 aromatic heterocycles. The van der Waals surface area contributed by atoms with Crippen LogP contribution in [0.1, 0.15) is 36.7 Å². The van der Waals surface area contributed by atoms with Gasteiger partial charge in [0.1, 0.15) is 5.69 Å². The molecule has 21 heavy (non-hydrogen) atoms. The standard InChI is InChI=1S/C17H18N2O2/c1-2-3-6-9-21-17(20)15-10-13-12-7-4-5-8-14(12)19-16(13)11-18-15/h4-5,7-8,10-11,19H,2-3,6,9H2,1H3. The second kappa shape index (κ2) is 5.95. The van der Waals surface area contributed by atoms with Gasteiger partial charge >= 0.3 is 5.97 Å². The number of para-hydroxylation sites is 1. The molecule has 2 heterocycles. The molecule has 0 aliphatic heterocycles. The second-order valence-electron chi connectivity index (χ2n) is 5.13. The summed E-state index contributed by atoms with van der Waals surface area (Å²) in [5, 5.41) is 2.09. The molecule has 0 aliphatic rings. The van der Waals surface area contributed by atoms with Gasteiger partial charge in [-0.25, -0.2) is 9.78 Å². The molecule has 3 aromatic rings. The maximum absolute atomic E-state index is 12.0. The number of carbonyl (C=O) groups excluding carboxylic acids is 1. The lowest BCUT2D eigenvalue weighted by molar-refractivity contribution is 0.0491. The molecule has 0 unspecified atom stereocenters. The minimum atomic E-state index is -0.349. The van der Waals surface area contributed by atoms with Gasteiger partial charge in [-0.3, -0.25) is 0 Å². The number of aromatic amines is 1. The molecule has 108 valence electrons. The van der Waals surface area contributed by atoms with Crippen LogP contribution in [-0.4, -0.2) is 22.5 Å². The normalized spacial score (nSPS) is 11.1. The van der Waals surface area contributed by atoms with Crippen molar-refractivity contribution in [3.8, 4) is 0 Å². The van der Waals surface area contributed by atoms with Crippen LogP contribution in [0.25, 0.3) is 21.8 Å². The van der Waals surface area contributed by atoms with Crippen molar-refractivity contribution in [1.82, 2.24) is 9.97 Å². The Morgan fingerprint density at radius 2 is 2.05 bits per heavy atom. The first kappa shape index (κ1) is 13.6. The van der Waals surface area contributed by atoms with Crippen LogP contribution in [-0.2, 0) is 4.74 Å². The number of unbranched alkanes of at least 4 members (excludes halogenated alkanes) is 2. The quantitative estimate of drug-likeness (QED) is 0.567. The summed E-state index contributed by atoms with van der Waals surface area (Å²) < 4.78 is 5.26. The predicted molar refractivity (Wildman–Crippen MR) is 83.4 cm³/mol. The van der Waals surface area contributed by atoms with Crippen LogP contribution < -0.4 is 0 Å². The predicted octanol–water partition coefficient (Wildman–Crippen LogP) is 4.06. The number of ether oxygens (including phenoxy) is 1. The van der Waals surface area contributed by atoms with Gasteiger partial charge in [0.2, 0.25) is 0 Å². The smallest absolute Gasteiger partial charge is 0.356 e. The Morgan fingerprint density at radius 3 is 2.90 bits per heavy atom. The summed E-state index contributed by atoms with van der Waals surface area (Å²) in [5.41, 5.74) is 2.34. The molecule has 4 nitrogen and oxygen atoms in total. The SMILES string of the molecule is CCCCCOC(=O)c1cc2c(cn1)[nH]c1ccccc12. The van der Waals surface area contributed by atoms with Crippen LogP contribution in [0, 0.1) is 0 Å². The van der Waals surface area contributed by atoms with Crippen molar-refractivity contribution in [1.29, 1.82) is 0 Å². The molecular weight excluding hydrogens is 264 g/mol. The van der Waals surface area contributed by atoms with E-state index >= 15 is 0 Å². The molecule has 3 rings (SSSR count). The van der Waals surface area contributed by atoms with Crippen molar-refractivity contribution >= 4 is 27.8 Å². The summed E-state index contributed by atoms with van der Waals surface area (Å²) in [6, 6.07) is 9.81. The lowest BCUT2D eigenvalue weighted by atomic mass is 10.1. The summed E-state index contributed by atoms with van der Waals surface area (Å²) in [6.07, 6.45) is 4.77. The zero-order chi connectivity index (χ0) is 14.7. The number of benzene rings is 1. The van der Waals surface area contributed by atoms with Gasteiger partial charge in [0.15, 0.2) is 0 Å². The van der Waals surface area contributed by atoms with Crippen molar-refractivity contribution in [2.75, 3.05) is 6.61 Å². The van der Waals surface area contributed by atoms with Crippen molar-refractivity contribution in [3.63, 3.8) is 0 Å². The monoisotopic (exact) mass is 282 g/mol. The van der Waals surface area contributed by atoms with Crippen molar-refractivity contribution in [3.05, 3.63) is 42.2 Å². The summed E-state index contributed by atoms with van der Waals surface area (Å²) in [4.78, 5) is 19.5. The summed E-state index contributed by atoms with van der Waals surface area (Å²) >= 11 is 0. The number of rotatable bonds is 5. The van der Waals surface area contributed by atoms with Crippen LogP contribution in [0.5, 0.6) is 0 Å². The lowest BCUT2D eigenvalue weighted by Gasteiger charge is -2.03. The highest BCUT2D eigenvalue weighted by molar-refractivity contribution is 6.08. The second-order valence-corrected chi connectivity index (χ2v) is 5.13. The molecule has 1 aromatic carbocycles. The highest BCUT2D eigenvalue weighted by Gasteiger charge is 2.12. The lowest BCUT2D eigenvalue weighted by Crippen LogP contribution is -2.08. The van der Waals surface area contributed by atoms with Crippen LogP contribution in [0.4, 0.5) is 0 Å². The summed E-state index contributed by atoms with van der Waals surface area (Å²) in [7, 11) is 0. The number of aromatic nitrogens is 2. The highest BCUT2D eigenvalue weighted by Crippen LogP contribution is 2.25. The molecule has 0 amide bonds. The first-order chi connectivity index (χ1) is 10.3. The Labute approximate surface area is 123 Å². The number of carbonyl (C=O) groups is 1. The van der Waals surface area contributed by atoms with E-state index in [9.17, 15) is 4.79 Å². The third kappa shape index (κ3) is 2.75. The largest absolute Gasteiger partial charge is 0.461 e. The Balaban J connectivity index is 1.86. The number of esters is 1. The fourth-order valence-corrected chi connectivity index (χ4v) is 2.45. The molecule has 4 heteroatoms. The van der Waals surface area contributed by atoms with Gasteiger partial charge < -0.3 is 9.72 Å². The first-order valence-electron chi connectivity index (χ1n) is 7.33. The molecule has 0 radical (unpaired) electrons. The Hall–Kier alpha value is -2.36. The maximum atomic E-state index is 12.0. The number of hydrogen-bond donors (Lipinski definition) is 1. The van der Waals surface area contributed by atoms with Gasteiger partial charge in [-0.15, -0.1) is 0 Å². The molecular formula is C17H18N2O2. The molecule has 0 spiro atoms. The molecule has 0 saturated carbocycles. The summed E-state index contributed by atoms with van der Waals surface area (Å²) in [5.74, 6) is -0.349. The first-order valence-corrected chi connectivity index (χ1v) is 7.33. The Bertz CT molecular complexity index is 777. The minimum Gasteiger partial charge on any atom is -0.461 e. The molecule has 0 saturated heterocycles. The number of H-pyrrole nitrogens is 1. The van der Waals surface area contributed by atoms with E-state index in [0.29, 0.717) is 12.3 Å². The molecule has 1 N–H and O–H groups in total. The molecule has 0 bridgehead atoms. The van der Waals surface area contributed by atoms with Gasteiger partial charge in [-0.05, 0) is 18.6 Å². The van der Waals surface area contributed by atoms with E-state index in [-0.39, 0.29) is 5.97 Å². The van der Waals surface area contributed by atoms with E-state index in [2.05, 4.69) is 16.9 Å². The zero-order valence-corrected chi connectivity index (χ0v) is 12.1. The van der Waals surface area contributed by atoms with E-state index < -0.39 is 0 Å². The van der Waals surface area contributed by atoms with Crippen LogP contribution >= 0.6 is 0 Å². The van der Waals surface area contributed by atoms with E-state index in [0.717, 1.165) is 41.1 Å². The van der Waals surface area contributed by atoms with E-state index in [1.807, 2.05) is 24.3 Å². The average Bonchev–Trinajstić information content (AvgIpc) is 2.89. The van der Waals surface area contributed by atoms with Crippen molar-refractivity contribution in [2.24, 2.45) is 0 Å². The van der Waals surface area contributed by atoms with Gasteiger partial charge in [0, 0.05) is 16.3 Å².